The van der Waals surface area contributed by atoms with Crippen molar-refractivity contribution in [3.63, 3.8) is 0 Å². The Morgan fingerprint density at radius 1 is 1.00 bits per heavy atom. The molecule has 0 radical (unpaired) electrons. The van der Waals surface area contributed by atoms with Gasteiger partial charge in [-0.25, -0.2) is 0 Å². The van der Waals surface area contributed by atoms with Crippen molar-refractivity contribution in [2.45, 2.75) is 0 Å². The Balaban J connectivity index is 2.39. The van der Waals surface area contributed by atoms with Gasteiger partial charge in [0, 0.05) is 7.05 Å². The number of nitrogens with one attached hydrogen (secondary N) is 1. The van der Waals surface area contributed by atoms with Gasteiger partial charge in [0.15, 0.2) is 0 Å². The highest BCUT2D eigenvalue weighted by Gasteiger charge is 2.04. The lowest BCUT2D eigenvalue weighted by Gasteiger charge is -2.09. The summed E-state index contributed by atoms with van der Waals surface area (Å²) in [4.78, 5) is 0. The molecular weight excluding hydrogens is 218 g/mol. The Kier molecular flexibility index (Phi) is 3.98. The summed E-state index contributed by atoms with van der Waals surface area (Å²) in [6, 6.07) is 18.5. The summed E-state index contributed by atoms with van der Waals surface area (Å²) < 4.78 is 0. The molecule has 0 aliphatic carbocycles. The molecule has 2 aromatic carbocycles. The van der Waals surface area contributed by atoms with Crippen molar-refractivity contribution in [1.82, 2.24) is 5.32 Å². The number of hydrogen-bond acceptors (Lipinski definition) is 1. The molecule has 2 aromatic rings. The summed E-state index contributed by atoms with van der Waals surface area (Å²) in [7, 11) is 1.89. The van der Waals surface area contributed by atoms with Crippen molar-refractivity contribution in [2.24, 2.45) is 0 Å². The summed E-state index contributed by atoms with van der Waals surface area (Å²) >= 11 is 0. The standard InChI is InChI=1S/C17H17N/c1-14(15-8-4-3-5-9-15)17-11-7-6-10-16(17)12-13-18-2/h3-13,18H,1H2,2H3/b13-12-. The Hall–Kier alpha value is -2.28. The lowest BCUT2D eigenvalue weighted by Crippen LogP contribution is -1.93. The van der Waals surface area contributed by atoms with Crippen LogP contribution in [0.3, 0.4) is 0 Å². The van der Waals surface area contributed by atoms with Gasteiger partial charge in [-0.05, 0) is 34.5 Å². The zero-order valence-electron chi connectivity index (χ0n) is 10.6. The van der Waals surface area contributed by atoms with Crippen molar-refractivity contribution < 1.29 is 0 Å². The summed E-state index contributed by atoms with van der Waals surface area (Å²) in [5.41, 5.74) is 4.53. The predicted octanol–water partition coefficient (Wildman–Crippen LogP) is 3.94. The van der Waals surface area contributed by atoms with Gasteiger partial charge in [-0.1, -0.05) is 61.2 Å². The van der Waals surface area contributed by atoms with Gasteiger partial charge in [0.25, 0.3) is 0 Å². The second-order valence-electron chi connectivity index (χ2n) is 4.05. The SMILES string of the molecule is C=C(c1ccccc1)c1ccccc1/C=C\NC. The fourth-order valence-corrected chi connectivity index (χ4v) is 1.89. The Bertz CT molecular complexity index is 553. The van der Waals surface area contributed by atoms with Crippen LogP contribution in [0.5, 0.6) is 0 Å². The van der Waals surface area contributed by atoms with E-state index >= 15 is 0 Å². The summed E-state index contributed by atoms with van der Waals surface area (Å²) in [6.45, 7) is 4.21. The summed E-state index contributed by atoms with van der Waals surface area (Å²) in [6.07, 6.45) is 3.99. The van der Waals surface area contributed by atoms with Crippen LogP contribution in [0.25, 0.3) is 11.6 Å². The molecule has 0 aromatic heterocycles. The second kappa shape index (κ2) is 5.87. The Morgan fingerprint density at radius 2 is 1.67 bits per heavy atom. The van der Waals surface area contributed by atoms with Crippen LogP contribution in [-0.2, 0) is 0 Å². The Morgan fingerprint density at radius 3 is 2.39 bits per heavy atom. The fourth-order valence-electron chi connectivity index (χ4n) is 1.89. The van der Waals surface area contributed by atoms with Crippen LogP contribution in [-0.4, -0.2) is 7.05 Å². The van der Waals surface area contributed by atoms with Gasteiger partial charge in [0.1, 0.15) is 0 Å². The average Bonchev–Trinajstić information content (AvgIpc) is 2.45. The lowest BCUT2D eigenvalue weighted by atomic mass is 9.95. The van der Waals surface area contributed by atoms with Crippen LogP contribution in [0, 0.1) is 0 Å². The zero-order chi connectivity index (χ0) is 12.8. The van der Waals surface area contributed by atoms with Gasteiger partial charge in [-0.2, -0.15) is 0 Å². The minimum absolute atomic E-state index is 1.05. The molecule has 0 saturated heterocycles. The molecule has 1 N–H and O–H groups in total. The van der Waals surface area contributed by atoms with Crippen LogP contribution in [0.4, 0.5) is 0 Å². The molecule has 0 heterocycles. The minimum atomic E-state index is 1.05. The molecule has 0 spiro atoms. The molecule has 2 rings (SSSR count). The molecular formula is C17H17N. The lowest BCUT2D eigenvalue weighted by molar-refractivity contribution is 1.11. The predicted molar refractivity (Wildman–Crippen MR) is 79.1 cm³/mol. The third-order valence-electron chi connectivity index (χ3n) is 2.84. The van der Waals surface area contributed by atoms with Crippen molar-refractivity contribution in [3.05, 3.63) is 84.1 Å². The molecule has 0 amide bonds. The van der Waals surface area contributed by atoms with E-state index in [9.17, 15) is 0 Å². The van der Waals surface area contributed by atoms with E-state index in [2.05, 4.69) is 42.2 Å². The molecule has 0 bridgehead atoms. The van der Waals surface area contributed by atoms with Crippen LogP contribution < -0.4 is 5.32 Å². The van der Waals surface area contributed by atoms with Gasteiger partial charge < -0.3 is 5.32 Å². The van der Waals surface area contributed by atoms with Crippen LogP contribution in [0.2, 0.25) is 0 Å². The first-order chi connectivity index (χ1) is 8.83. The Labute approximate surface area is 108 Å². The average molecular weight is 235 g/mol. The fraction of sp³-hybridized carbons (Fsp3) is 0.0588. The summed E-state index contributed by atoms with van der Waals surface area (Å²) in [5.74, 6) is 0. The van der Waals surface area contributed by atoms with E-state index in [-0.39, 0.29) is 0 Å². The quantitative estimate of drug-likeness (QED) is 0.846. The first kappa shape index (κ1) is 12.2. The molecule has 1 heteroatoms. The van der Waals surface area contributed by atoms with Crippen LogP contribution in [0.1, 0.15) is 16.7 Å². The van der Waals surface area contributed by atoms with Crippen LogP contribution >= 0.6 is 0 Å². The van der Waals surface area contributed by atoms with Crippen molar-refractivity contribution >= 4 is 11.6 Å². The maximum atomic E-state index is 4.21. The highest BCUT2D eigenvalue weighted by molar-refractivity contribution is 5.82. The van der Waals surface area contributed by atoms with E-state index in [0.717, 1.165) is 16.7 Å². The monoisotopic (exact) mass is 235 g/mol. The van der Waals surface area contributed by atoms with Gasteiger partial charge in [0.05, 0.1) is 0 Å². The molecule has 0 unspecified atom stereocenters. The molecule has 1 nitrogen and oxygen atoms in total. The van der Waals surface area contributed by atoms with Crippen molar-refractivity contribution in [3.8, 4) is 0 Å². The maximum absolute atomic E-state index is 4.21. The van der Waals surface area contributed by atoms with Crippen molar-refractivity contribution in [2.75, 3.05) is 7.05 Å². The first-order valence-electron chi connectivity index (χ1n) is 6.00. The molecule has 0 saturated carbocycles. The van der Waals surface area contributed by atoms with E-state index in [1.54, 1.807) is 0 Å². The third kappa shape index (κ3) is 2.69. The molecule has 0 atom stereocenters. The summed E-state index contributed by atoms with van der Waals surface area (Å²) in [5, 5.41) is 3.01. The van der Waals surface area contributed by atoms with E-state index in [1.807, 2.05) is 43.6 Å². The molecule has 0 aliphatic heterocycles. The largest absolute Gasteiger partial charge is 0.394 e. The van der Waals surface area contributed by atoms with Gasteiger partial charge >= 0.3 is 0 Å². The first-order valence-corrected chi connectivity index (χ1v) is 6.00. The maximum Gasteiger partial charge on any atom is 0.00277 e. The van der Waals surface area contributed by atoms with E-state index in [4.69, 9.17) is 0 Å². The van der Waals surface area contributed by atoms with Gasteiger partial charge in [-0.15, -0.1) is 0 Å². The van der Waals surface area contributed by atoms with Crippen LogP contribution in [0.15, 0.2) is 67.4 Å². The highest BCUT2D eigenvalue weighted by Crippen LogP contribution is 2.25. The third-order valence-corrected chi connectivity index (χ3v) is 2.84. The zero-order valence-corrected chi connectivity index (χ0v) is 10.6. The van der Waals surface area contributed by atoms with Gasteiger partial charge in [-0.3, -0.25) is 0 Å². The number of rotatable bonds is 4. The van der Waals surface area contributed by atoms with Gasteiger partial charge in [0.2, 0.25) is 0 Å². The molecule has 0 fully saturated rings. The number of benzene rings is 2. The number of hydrogen-bond donors (Lipinski definition) is 1. The van der Waals surface area contributed by atoms with Crippen molar-refractivity contribution in [1.29, 1.82) is 0 Å². The molecule has 0 aliphatic rings. The van der Waals surface area contributed by atoms with E-state index in [1.165, 1.54) is 5.56 Å². The minimum Gasteiger partial charge on any atom is -0.394 e. The molecule has 90 valence electrons. The molecule has 18 heavy (non-hydrogen) atoms. The van der Waals surface area contributed by atoms with E-state index in [0.29, 0.717) is 0 Å². The smallest absolute Gasteiger partial charge is 0.00277 e. The topological polar surface area (TPSA) is 12.0 Å². The normalized spacial score (nSPS) is 10.5. The highest BCUT2D eigenvalue weighted by atomic mass is 14.8. The second-order valence-corrected chi connectivity index (χ2v) is 4.05. The van der Waals surface area contributed by atoms with E-state index < -0.39 is 0 Å².